The first-order valence-corrected chi connectivity index (χ1v) is 7.40. The normalized spacial score (nSPS) is 11.2. The van der Waals surface area contributed by atoms with Crippen LogP contribution in [0.3, 0.4) is 0 Å². The zero-order valence-electron chi connectivity index (χ0n) is 13.1. The van der Waals surface area contributed by atoms with Gasteiger partial charge in [0.05, 0.1) is 11.1 Å². The van der Waals surface area contributed by atoms with Crippen LogP contribution >= 0.6 is 0 Å². The number of aromatic nitrogens is 2. The van der Waals surface area contributed by atoms with Crippen LogP contribution in [-0.2, 0) is 6.18 Å². The zero-order chi connectivity index (χ0) is 18.7. The number of nitrogens with one attached hydrogen (secondary N) is 1. The second-order valence-electron chi connectivity index (χ2n) is 5.31. The van der Waals surface area contributed by atoms with Gasteiger partial charge in [-0.05, 0) is 18.2 Å². The number of halogens is 4. The van der Waals surface area contributed by atoms with E-state index in [1.54, 1.807) is 12.1 Å². The Bertz CT molecular complexity index is 925. The number of hydrogen-bond acceptors (Lipinski definition) is 3. The summed E-state index contributed by atoms with van der Waals surface area (Å²) in [5.74, 6) is -1.71. The summed E-state index contributed by atoms with van der Waals surface area (Å²) in [4.78, 5) is 20.3. The molecule has 0 aliphatic rings. The molecule has 1 heterocycles. The average molecular weight is 361 g/mol. The van der Waals surface area contributed by atoms with Crippen LogP contribution in [0.1, 0.15) is 15.9 Å². The Hall–Kier alpha value is -3.29. The van der Waals surface area contributed by atoms with Crippen molar-refractivity contribution in [3.63, 3.8) is 0 Å². The maximum atomic E-state index is 13.3. The molecule has 0 bridgehead atoms. The van der Waals surface area contributed by atoms with E-state index in [1.165, 1.54) is 12.4 Å². The second kappa shape index (κ2) is 6.91. The molecule has 0 radical (unpaired) electrons. The summed E-state index contributed by atoms with van der Waals surface area (Å²) in [6.07, 6.45) is -2.33. The molecule has 0 unspecified atom stereocenters. The minimum atomic E-state index is -4.86. The van der Waals surface area contributed by atoms with Crippen LogP contribution in [-0.4, -0.2) is 15.9 Å². The van der Waals surface area contributed by atoms with Gasteiger partial charge in [-0.25, -0.2) is 14.4 Å². The number of carbonyl (C=O) groups excluding carboxylic acids is 1. The lowest BCUT2D eigenvalue weighted by Gasteiger charge is -2.11. The lowest BCUT2D eigenvalue weighted by molar-refractivity contribution is -0.139. The zero-order valence-corrected chi connectivity index (χ0v) is 13.1. The molecule has 0 spiro atoms. The third kappa shape index (κ3) is 3.85. The molecule has 1 N–H and O–H groups in total. The molecule has 1 amide bonds. The largest absolute Gasteiger partial charge is 0.419 e. The van der Waals surface area contributed by atoms with E-state index in [1.807, 2.05) is 18.2 Å². The Morgan fingerprint density at radius 1 is 0.962 bits per heavy atom. The highest BCUT2D eigenvalue weighted by atomic mass is 19.4. The van der Waals surface area contributed by atoms with Crippen molar-refractivity contribution in [2.75, 3.05) is 5.32 Å². The van der Waals surface area contributed by atoms with Crippen molar-refractivity contribution in [3.8, 4) is 11.4 Å². The van der Waals surface area contributed by atoms with Gasteiger partial charge in [0.2, 0.25) is 0 Å². The minimum Gasteiger partial charge on any atom is -0.322 e. The number of anilines is 1. The monoisotopic (exact) mass is 361 g/mol. The van der Waals surface area contributed by atoms with Gasteiger partial charge in [0, 0.05) is 23.6 Å². The number of hydrogen-bond donors (Lipinski definition) is 1. The smallest absolute Gasteiger partial charge is 0.322 e. The average Bonchev–Trinajstić information content (AvgIpc) is 2.63. The Morgan fingerprint density at radius 3 is 2.23 bits per heavy atom. The molecule has 0 saturated carbocycles. The molecule has 3 aromatic rings. The number of alkyl halides is 3. The highest BCUT2D eigenvalue weighted by Gasteiger charge is 2.34. The van der Waals surface area contributed by atoms with Gasteiger partial charge < -0.3 is 5.32 Å². The highest BCUT2D eigenvalue weighted by molar-refractivity contribution is 6.03. The summed E-state index contributed by atoms with van der Waals surface area (Å²) >= 11 is 0. The van der Waals surface area contributed by atoms with Crippen LogP contribution in [0.25, 0.3) is 11.4 Å². The van der Waals surface area contributed by atoms with Crippen LogP contribution < -0.4 is 5.32 Å². The lowest BCUT2D eigenvalue weighted by Crippen LogP contribution is -2.14. The molecule has 4 nitrogen and oxygen atoms in total. The van der Waals surface area contributed by atoms with E-state index in [2.05, 4.69) is 15.3 Å². The Kier molecular flexibility index (Phi) is 4.66. The molecule has 132 valence electrons. The fourth-order valence-corrected chi connectivity index (χ4v) is 2.21. The van der Waals surface area contributed by atoms with Gasteiger partial charge in [0.1, 0.15) is 5.82 Å². The number of benzene rings is 2. The molecule has 0 aliphatic heterocycles. The van der Waals surface area contributed by atoms with E-state index in [9.17, 15) is 22.4 Å². The van der Waals surface area contributed by atoms with Crippen molar-refractivity contribution < 1.29 is 22.4 Å². The standard InChI is InChI=1S/C18H11F4N3O/c19-15-7-6-13(8-14(15)18(20,21)22)25-17(26)12-9-23-16(24-10-12)11-4-2-1-3-5-11/h1-10H,(H,25,26). The predicted molar refractivity (Wildman–Crippen MR) is 86.8 cm³/mol. The van der Waals surface area contributed by atoms with Crippen molar-refractivity contribution in [2.24, 2.45) is 0 Å². The van der Waals surface area contributed by atoms with Crippen LogP contribution in [0, 0.1) is 5.82 Å². The molecule has 26 heavy (non-hydrogen) atoms. The van der Waals surface area contributed by atoms with Crippen molar-refractivity contribution >= 4 is 11.6 Å². The molecule has 0 atom stereocenters. The van der Waals surface area contributed by atoms with Gasteiger partial charge in [-0.15, -0.1) is 0 Å². The Balaban J connectivity index is 1.78. The number of carbonyl (C=O) groups is 1. The molecular weight excluding hydrogens is 350 g/mol. The third-order valence-corrected chi connectivity index (χ3v) is 3.48. The fourth-order valence-electron chi connectivity index (χ4n) is 2.21. The maximum Gasteiger partial charge on any atom is 0.419 e. The summed E-state index contributed by atoms with van der Waals surface area (Å²) < 4.78 is 51.4. The summed E-state index contributed by atoms with van der Waals surface area (Å²) in [6, 6.07) is 11.3. The first kappa shape index (κ1) is 17.5. The summed E-state index contributed by atoms with van der Waals surface area (Å²) in [7, 11) is 0. The van der Waals surface area contributed by atoms with E-state index >= 15 is 0 Å². The van der Waals surface area contributed by atoms with Gasteiger partial charge >= 0.3 is 6.18 Å². The van der Waals surface area contributed by atoms with E-state index in [-0.39, 0.29) is 11.3 Å². The van der Waals surface area contributed by atoms with Gasteiger partial charge in [-0.1, -0.05) is 30.3 Å². The number of amides is 1. The Morgan fingerprint density at radius 2 is 1.62 bits per heavy atom. The van der Waals surface area contributed by atoms with Crippen molar-refractivity contribution in [2.45, 2.75) is 6.18 Å². The molecular formula is C18H11F4N3O. The van der Waals surface area contributed by atoms with Crippen LogP contribution in [0.5, 0.6) is 0 Å². The molecule has 0 fully saturated rings. The van der Waals surface area contributed by atoms with Gasteiger partial charge in [0.25, 0.3) is 5.91 Å². The van der Waals surface area contributed by atoms with Crippen molar-refractivity contribution in [1.82, 2.24) is 9.97 Å². The molecule has 3 rings (SSSR count). The Labute approximate surface area is 145 Å². The van der Waals surface area contributed by atoms with E-state index < -0.39 is 23.5 Å². The maximum absolute atomic E-state index is 13.3. The van der Waals surface area contributed by atoms with Crippen molar-refractivity contribution in [1.29, 1.82) is 0 Å². The van der Waals surface area contributed by atoms with Crippen LogP contribution in [0.2, 0.25) is 0 Å². The highest BCUT2D eigenvalue weighted by Crippen LogP contribution is 2.33. The van der Waals surface area contributed by atoms with E-state index in [4.69, 9.17) is 0 Å². The quantitative estimate of drug-likeness (QED) is 0.696. The van der Waals surface area contributed by atoms with Gasteiger partial charge in [-0.2, -0.15) is 13.2 Å². The van der Waals surface area contributed by atoms with Gasteiger partial charge in [0.15, 0.2) is 5.82 Å². The second-order valence-corrected chi connectivity index (χ2v) is 5.31. The minimum absolute atomic E-state index is 0.0579. The van der Waals surface area contributed by atoms with E-state index in [0.29, 0.717) is 18.0 Å². The number of rotatable bonds is 3. The van der Waals surface area contributed by atoms with E-state index in [0.717, 1.165) is 11.6 Å². The van der Waals surface area contributed by atoms with Crippen LogP contribution in [0.4, 0.5) is 23.2 Å². The molecule has 1 aromatic heterocycles. The lowest BCUT2D eigenvalue weighted by atomic mass is 10.1. The van der Waals surface area contributed by atoms with Gasteiger partial charge in [-0.3, -0.25) is 4.79 Å². The summed E-state index contributed by atoms with van der Waals surface area (Å²) in [5, 5.41) is 2.27. The molecule has 0 saturated heterocycles. The van der Waals surface area contributed by atoms with Crippen molar-refractivity contribution in [3.05, 3.63) is 77.9 Å². The van der Waals surface area contributed by atoms with Crippen LogP contribution in [0.15, 0.2) is 60.9 Å². The molecule has 2 aromatic carbocycles. The number of nitrogens with zero attached hydrogens (tertiary/aromatic N) is 2. The topological polar surface area (TPSA) is 54.9 Å². The molecule has 0 aliphatic carbocycles. The third-order valence-electron chi connectivity index (χ3n) is 3.48. The summed E-state index contributed by atoms with van der Waals surface area (Å²) in [6.45, 7) is 0. The molecule has 8 heteroatoms. The SMILES string of the molecule is O=C(Nc1ccc(F)c(C(F)(F)F)c1)c1cnc(-c2ccccc2)nc1. The first-order valence-electron chi connectivity index (χ1n) is 7.40. The predicted octanol–water partition coefficient (Wildman–Crippen LogP) is 4.55. The fraction of sp³-hybridized carbons (Fsp3) is 0.0556. The first-order chi connectivity index (χ1) is 12.3. The summed E-state index contributed by atoms with van der Waals surface area (Å²) in [5.41, 5.74) is -0.822.